The van der Waals surface area contributed by atoms with Crippen molar-refractivity contribution in [3.8, 4) is 0 Å². The molecule has 0 bridgehead atoms. The molecule has 1 fully saturated rings. The molecule has 3 rings (SSSR count). The molecule has 2 aromatic heterocycles. The summed E-state index contributed by atoms with van der Waals surface area (Å²) >= 11 is 7.90. The molecule has 2 aromatic rings. The number of carboxylic acids is 1. The molecular weight excluding hydrogens is 406 g/mol. The van der Waals surface area contributed by atoms with Crippen LogP contribution in [0.3, 0.4) is 0 Å². The Morgan fingerprint density at radius 3 is 2.90 bits per heavy atom. The van der Waals surface area contributed by atoms with E-state index in [1.54, 1.807) is 6.07 Å². The summed E-state index contributed by atoms with van der Waals surface area (Å²) in [6, 6.07) is 7.65. The highest BCUT2D eigenvalue weighted by Crippen LogP contribution is 2.40. The quantitative estimate of drug-likeness (QED) is 0.517. The Kier molecular flexibility index (Phi) is 7.87. The van der Waals surface area contributed by atoms with Crippen LogP contribution in [0.25, 0.3) is 6.08 Å². The number of aliphatic hydroxyl groups excluding tert-OH is 1. The van der Waals surface area contributed by atoms with E-state index in [1.165, 1.54) is 11.3 Å². The number of thiophene rings is 1. The molecule has 6 heteroatoms. The lowest BCUT2D eigenvalue weighted by Crippen LogP contribution is -2.18. The van der Waals surface area contributed by atoms with Crippen LogP contribution in [0.2, 0.25) is 0 Å². The third-order valence-corrected chi connectivity index (χ3v) is 7.20. The van der Waals surface area contributed by atoms with Crippen LogP contribution in [0.1, 0.15) is 58.4 Å². The molecule has 0 radical (unpaired) electrons. The van der Waals surface area contributed by atoms with Gasteiger partial charge in [-0.2, -0.15) is 0 Å². The van der Waals surface area contributed by atoms with Crippen molar-refractivity contribution < 1.29 is 15.0 Å². The number of aliphatic hydroxyl groups is 1. The van der Waals surface area contributed by atoms with E-state index in [-0.39, 0.29) is 17.2 Å². The summed E-state index contributed by atoms with van der Waals surface area (Å²) in [7, 11) is 0. The number of aryl methyl sites for hydroxylation is 2. The highest BCUT2D eigenvalue weighted by atomic mass is 35.5. The summed E-state index contributed by atoms with van der Waals surface area (Å²) in [5.74, 6) is -0.610. The molecule has 0 aliphatic heterocycles. The molecule has 2 heterocycles. The van der Waals surface area contributed by atoms with Crippen molar-refractivity contribution in [2.75, 3.05) is 0 Å². The molecule has 1 saturated carbocycles. The van der Waals surface area contributed by atoms with Gasteiger partial charge < -0.3 is 10.2 Å². The third kappa shape index (κ3) is 5.91. The molecule has 1 aliphatic carbocycles. The first-order chi connectivity index (χ1) is 14.0. The maximum atomic E-state index is 11.0. The Balaban J connectivity index is 1.60. The molecule has 2 N–H and O–H groups in total. The number of nitrogens with zero attached hydrogens (tertiary/aromatic N) is 1. The maximum absolute atomic E-state index is 11.0. The summed E-state index contributed by atoms with van der Waals surface area (Å²) < 4.78 is 0. The Hall–Kier alpha value is -1.69. The lowest BCUT2D eigenvalue weighted by Gasteiger charge is -2.20. The van der Waals surface area contributed by atoms with Gasteiger partial charge in [0, 0.05) is 28.1 Å². The second-order valence-corrected chi connectivity index (χ2v) is 9.44. The zero-order valence-corrected chi connectivity index (χ0v) is 18.2. The second-order valence-electron chi connectivity index (χ2n) is 7.71. The van der Waals surface area contributed by atoms with Crippen LogP contribution >= 0.6 is 22.9 Å². The first-order valence-corrected chi connectivity index (χ1v) is 11.5. The average molecular weight is 434 g/mol. The number of halogens is 1. The van der Waals surface area contributed by atoms with Crippen LogP contribution in [-0.4, -0.2) is 32.6 Å². The van der Waals surface area contributed by atoms with Crippen LogP contribution in [0, 0.1) is 11.8 Å². The fourth-order valence-electron chi connectivity index (χ4n) is 4.09. The SMILES string of the molecule is CCCc1cc(/C=C/[C@H]2C(O)C[C@@H](Cl)C2CCCc2ccc(C(=O)O)s2)ccn1. The largest absolute Gasteiger partial charge is 0.477 e. The van der Waals surface area contributed by atoms with Crippen molar-refractivity contribution in [1.29, 1.82) is 0 Å². The van der Waals surface area contributed by atoms with Crippen molar-refractivity contribution in [3.05, 3.63) is 57.6 Å². The first kappa shape index (κ1) is 22.0. The molecule has 156 valence electrons. The number of pyridine rings is 1. The lowest BCUT2D eigenvalue weighted by atomic mass is 9.89. The van der Waals surface area contributed by atoms with Crippen molar-refractivity contribution in [1.82, 2.24) is 4.98 Å². The predicted molar refractivity (Wildman–Crippen MR) is 119 cm³/mol. The second kappa shape index (κ2) is 10.4. The zero-order valence-electron chi connectivity index (χ0n) is 16.6. The number of carboxylic acid groups (broad SMARTS) is 1. The Morgan fingerprint density at radius 2 is 2.17 bits per heavy atom. The molecular formula is C23H28ClNO3S. The van der Waals surface area contributed by atoms with Crippen molar-refractivity contribution in [2.24, 2.45) is 11.8 Å². The van der Waals surface area contributed by atoms with Gasteiger partial charge >= 0.3 is 5.97 Å². The number of carbonyl (C=O) groups is 1. The number of hydrogen-bond donors (Lipinski definition) is 2. The number of rotatable bonds is 9. The van der Waals surface area contributed by atoms with Gasteiger partial charge in [0.1, 0.15) is 4.88 Å². The Morgan fingerprint density at radius 1 is 1.34 bits per heavy atom. The number of aromatic nitrogens is 1. The minimum Gasteiger partial charge on any atom is -0.477 e. The predicted octanol–water partition coefficient (Wildman–Crippen LogP) is 5.43. The van der Waals surface area contributed by atoms with Crippen LogP contribution in [0.15, 0.2) is 36.5 Å². The van der Waals surface area contributed by atoms with E-state index in [4.69, 9.17) is 16.7 Å². The molecule has 4 atom stereocenters. The first-order valence-electron chi connectivity index (χ1n) is 10.2. The molecule has 0 spiro atoms. The van der Waals surface area contributed by atoms with Gasteiger partial charge in [0.25, 0.3) is 0 Å². The van der Waals surface area contributed by atoms with Gasteiger partial charge in [-0.15, -0.1) is 22.9 Å². The van der Waals surface area contributed by atoms with Gasteiger partial charge in [-0.25, -0.2) is 4.79 Å². The van der Waals surface area contributed by atoms with Crippen LogP contribution < -0.4 is 0 Å². The molecule has 0 saturated heterocycles. The highest BCUT2D eigenvalue weighted by Gasteiger charge is 2.39. The summed E-state index contributed by atoms with van der Waals surface area (Å²) in [6.45, 7) is 2.14. The zero-order chi connectivity index (χ0) is 20.8. The lowest BCUT2D eigenvalue weighted by molar-refractivity contribution is 0.0702. The maximum Gasteiger partial charge on any atom is 0.345 e. The minimum absolute atomic E-state index is 0.0364. The van der Waals surface area contributed by atoms with Gasteiger partial charge in [0.2, 0.25) is 0 Å². The van der Waals surface area contributed by atoms with Gasteiger partial charge in [0.15, 0.2) is 0 Å². The van der Waals surface area contributed by atoms with Crippen molar-refractivity contribution >= 4 is 35.0 Å². The molecule has 2 unspecified atom stereocenters. The normalized spacial score (nSPS) is 24.4. The van der Waals surface area contributed by atoms with Gasteiger partial charge in [-0.3, -0.25) is 4.98 Å². The van der Waals surface area contributed by atoms with Gasteiger partial charge in [-0.1, -0.05) is 25.5 Å². The molecule has 1 aliphatic rings. The molecule has 0 amide bonds. The number of aromatic carboxylic acids is 1. The van der Waals surface area contributed by atoms with E-state index in [1.807, 2.05) is 18.3 Å². The molecule has 0 aromatic carbocycles. The monoisotopic (exact) mass is 433 g/mol. The van der Waals surface area contributed by atoms with E-state index in [0.717, 1.165) is 48.2 Å². The minimum atomic E-state index is -0.871. The van der Waals surface area contributed by atoms with Crippen LogP contribution in [0.5, 0.6) is 0 Å². The average Bonchev–Trinajstić information content (AvgIpc) is 3.26. The molecule has 29 heavy (non-hydrogen) atoms. The van der Waals surface area contributed by atoms with E-state index in [9.17, 15) is 9.90 Å². The van der Waals surface area contributed by atoms with E-state index >= 15 is 0 Å². The molecule has 4 nitrogen and oxygen atoms in total. The van der Waals surface area contributed by atoms with Crippen LogP contribution in [-0.2, 0) is 12.8 Å². The summed E-state index contributed by atoms with van der Waals surface area (Å²) in [6.07, 6.45) is 10.9. The smallest absolute Gasteiger partial charge is 0.345 e. The fraction of sp³-hybridized carbons (Fsp3) is 0.478. The van der Waals surface area contributed by atoms with Crippen molar-refractivity contribution in [3.63, 3.8) is 0 Å². The summed E-state index contributed by atoms with van der Waals surface area (Å²) in [5.41, 5.74) is 2.19. The summed E-state index contributed by atoms with van der Waals surface area (Å²) in [5, 5.41) is 19.5. The third-order valence-electron chi connectivity index (χ3n) is 5.56. The van der Waals surface area contributed by atoms with Crippen molar-refractivity contribution in [2.45, 2.75) is 56.9 Å². The topological polar surface area (TPSA) is 70.4 Å². The summed E-state index contributed by atoms with van der Waals surface area (Å²) in [4.78, 5) is 16.9. The van der Waals surface area contributed by atoms with E-state index in [0.29, 0.717) is 11.3 Å². The number of alkyl halides is 1. The van der Waals surface area contributed by atoms with Gasteiger partial charge in [-0.05, 0) is 67.9 Å². The van der Waals surface area contributed by atoms with E-state index in [2.05, 4.69) is 30.1 Å². The standard InChI is InChI=1S/C23H28ClNO3S/c1-2-4-16-13-15(11-12-25-16)7-9-19-18(20(24)14-21(19)26)6-3-5-17-8-10-22(29-17)23(27)28/h7-13,18-21,26H,2-6,14H2,1H3,(H,27,28)/b9-7+/t18?,19-,20-,21?/m1/s1. The highest BCUT2D eigenvalue weighted by molar-refractivity contribution is 7.13. The van der Waals surface area contributed by atoms with Gasteiger partial charge in [0.05, 0.1) is 6.10 Å². The fourth-order valence-corrected chi connectivity index (χ4v) is 5.45. The van der Waals surface area contributed by atoms with Crippen LogP contribution in [0.4, 0.5) is 0 Å². The number of hydrogen-bond acceptors (Lipinski definition) is 4. The van der Waals surface area contributed by atoms with E-state index < -0.39 is 12.1 Å². The Bertz CT molecular complexity index is 850. The Labute approximate surface area is 181 Å².